The highest BCUT2D eigenvalue weighted by Crippen LogP contribution is 2.39. The average molecular weight is 390 g/mol. The SMILES string of the molecule is Cc1ccc(-c2nc(NC(=O)Cn3cnnn3)sc2-c2ccc(C)cc2)cc1. The van der Waals surface area contributed by atoms with Gasteiger partial charge in [-0.15, -0.1) is 5.10 Å². The number of thiazole rings is 1. The summed E-state index contributed by atoms with van der Waals surface area (Å²) in [6.45, 7) is 4.14. The number of hydrogen-bond donors (Lipinski definition) is 1. The van der Waals surface area contributed by atoms with Crippen molar-refractivity contribution >= 4 is 22.4 Å². The van der Waals surface area contributed by atoms with Gasteiger partial charge in [-0.1, -0.05) is 71.0 Å². The molecule has 2 heterocycles. The van der Waals surface area contributed by atoms with Crippen molar-refractivity contribution in [2.45, 2.75) is 20.4 Å². The van der Waals surface area contributed by atoms with E-state index in [0.29, 0.717) is 5.13 Å². The molecule has 0 aliphatic carbocycles. The Balaban J connectivity index is 1.68. The van der Waals surface area contributed by atoms with Gasteiger partial charge in [0, 0.05) is 5.56 Å². The van der Waals surface area contributed by atoms with Gasteiger partial charge in [-0.3, -0.25) is 4.79 Å². The van der Waals surface area contributed by atoms with Crippen molar-refractivity contribution in [1.29, 1.82) is 0 Å². The quantitative estimate of drug-likeness (QED) is 0.561. The molecule has 8 heteroatoms. The lowest BCUT2D eigenvalue weighted by Gasteiger charge is -2.04. The first-order valence-corrected chi connectivity index (χ1v) is 9.55. The van der Waals surface area contributed by atoms with Crippen LogP contribution in [0.25, 0.3) is 21.7 Å². The third-order valence-corrected chi connectivity index (χ3v) is 5.23. The van der Waals surface area contributed by atoms with Crippen LogP contribution < -0.4 is 5.32 Å². The fraction of sp³-hybridized carbons (Fsp3) is 0.150. The first kappa shape index (κ1) is 18.0. The van der Waals surface area contributed by atoms with Crippen molar-refractivity contribution in [3.8, 4) is 21.7 Å². The van der Waals surface area contributed by atoms with Gasteiger partial charge in [-0.2, -0.15) is 0 Å². The molecule has 0 spiro atoms. The van der Waals surface area contributed by atoms with Crippen LogP contribution in [-0.4, -0.2) is 31.1 Å². The summed E-state index contributed by atoms with van der Waals surface area (Å²) >= 11 is 1.45. The number of aryl methyl sites for hydroxylation is 2. The Labute approximate surface area is 166 Å². The lowest BCUT2D eigenvalue weighted by atomic mass is 10.0. The van der Waals surface area contributed by atoms with Crippen LogP contribution in [0.5, 0.6) is 0 Å². The van der Waals surface area contributed by atoms with E-state index in [-0.39, 0.29) is 12.5 Å². The van der Waals surface area contributed by atoms with E-state index in [1.807, 2.05) is 0 Å². The van der Waals surface area contributed by atoms with E-state index in [9.17, 15) is 4.79 Å². The fourth-order valence-corrected chi connectivity index (χ4v) is 3.75. The minimum absolute atomic E-state index is 0.0340. The highest BCUT2D eigenvalue weighted by Gasteiger charge is 2.17. The van der Waals surface area contributed by atoms with E-state index >= 15 is 0 Å². The van der Waals surface area contributed by atoms with E-state index in [1.54, 1.807) is 0 Å². The summed E-state index contributed by atoms with van der Waals surface area (Å²) in [7, 11) is 0. The molecule has 0 aliphatic heterocycles. The topological polar surface area (TPSA) is 85.6 Å². The van der Waals surface area contributed by atoms with Crippen LogP contribution in [0.2, 0.25) is 0 Å². The zero-order chi connectivity index (χ0) is 19.5. The number of carbonyl (C=O) groups excluding carboxylic acids is 1. The van der Waals surface area contributed by atoms with Crippen LogP contribution in [0.3, 0.4) is 0 Å². The summed E-state index contributed by atoms with van der Waals surface area (Å²) in [6, 6.07) is 16.5. The lowest BCUT2D eigenvalue weighted by Crippen LogP contribution is -2.19. The van der Waals surface area contributed by atoms with Crippen LogP contribution in [0.1, 0.15) is 11.1 Å². The maximum absolute atomic E-state index is 12.3. The van der Waals surface area contributed by atoms with Gasteiger partial charge in [0.2, 0.25) is 5.91 Å². The molecule has 0 saturated carbocycles. The number of carbonyl (C=O) groups is 1. The van der Waals surface area contributed by atoms with Gasteiger partial charge in [-0.25, -0.2) is 9.67 Å². The van der Waals surface area contributed by atoms with Crippen LogP contribution in [0.15, 0.2) is 54.9 Å². The second-order valence-electron chi connectivity index (χ2n) is 6.48. The molecule has 0 bridgehead atoms. The summed E-state index contributed by atoms with van der Waals surface area (Å²) in [5.74, 6) is -0.230. The Bertz CT molecular complexity index is 1020. The molecule has 28 heavy (non-hydrogen) atoms. The first-order chi connectivity index (χ1) is 13.6. The minimum Gasteiger partial charge on any atom is -0.300 e. The number of aromatic nitrogens is 5. The molecule has 0 aliphatic rings. The predicted octanol–water partition coefficient (Wildman–Crippen LogP) is 3.72. The zero-order valence-electron chi connectivity index (χ0n) is 15.5. The molecular weight excluding hydrogens is 372 g/mol. The van der Waals surface area contributed by atoms with Crippen LogP contribution in [0, 0.1) is 13.8 Å². The van der Waals surface area contributed by atoms with Gasteiger partial charge in [0.15, 0.2) is 5.13 Å². The molecule has 0 fully saturated rings. The normalized spacial score (nSPS) is 10.8. The monoisotopic (exact) mass is 390 g/mol. The molecule has 1 N–H and O–H groups in total. The average Bonchev–Trinajstić information content (AvgIpc) is 3.33. The van der Waals surface area contributed by atoms with Gasteiger partial charge < -0.3 is 5.32 Å². The molecule has 4 aromatic rings. The zero-order valence-corrected chi connectivity index (χ0v) is 16.3. The van der Waals surface area contributed by atoms with E-state index in [1.165, 1.54) is 33.5 Å². The third-order valence-electron chi connectivity index (χ3n) is 4.21. The van der Waals surface area contributed by atoms with Gasteiger partial charge in [0.25, 0.3) is 0 Å². The highest BCUT2D eigenvalue weighted by atomic mass is 32.1. The second-order valence-corrected chi connectivity index (χ2v) is 7.48. The van der Waals surface area contributed by atoms with Gasteiger partial charge in [0.1, 0.15) is 12.9 Å². The number of benzene rings is 2. The number of nitrogens with zero attached hydrogens (tertiary/aromatic N) is 5. The molecule has 0 atom stereocenters. The van der Waals surface area contributed by atoms with E-state index in [0.717, 1.165) is 21.7 Å². The summed E-state index contributed by atoms with van der Waals surface area (Å²) in [6.07, 6.45) is 1.40. The Morgan fingerprint density at radius 3 is 2.25 bits per heavy atom. The van der Waals surface area contributed by atoms with Crippen molar-refractivity contribution in [3.63, 3.8) is 0 Å². The maximum atomic E-state index is 12.3. The van der Waals surface area contributed by atoms with Crippen LogP contribution >= 0.6 is 11.3 Å². The molecule has 0 saturated heterocycles. The van der Waals surface area contributed by atoms with Crippen molar-refractivity contribution in [2.75, 3.05) is 5.32 Å². The van der Waals surface area contributed by atoms with Crippen LogP contribution in [-0.2, 0) is 11.3 Å². The maximum Gasteiger partial charge on any atom is 0.248 e. The first-order valence-electron chi connectivity index (χ1n) is 8.74. The summed E-state index contributed by atoms with van der Waals surface area (Å²) in [4.78, 5) is 18.0. The van der Waals surface area contributed by atoms with Crippen molar-refractivity contribution in [3.05, 3.63) is 66.0 Å². The van der Waals surface area contributed by atoms with E-state index in [4.69, 9.17) is 4.98 Å². The Kier molecular flexibility index (Phi) is 4.94. The molecule has 1 amide bonds. The van der Waals surface area contributed by atoms with Gasteiger partial charge >= 0.3 is 0 Å². The number of nitrogens with one attached hydrogen (secondary N) is 1. The van der Waals surface area contributed by atoms with E-state index in [2.05, 4.69) is 83.2 Å². The van der Waals surface area contributed by atoms with Gasteiger partial charge in [-0.05, 0) is 29.8 Å². The second kappa shape index (κ2) is 7.69. The minimum atomic E-state index is -0.230. The summed E-state index contributed by atoms with van der Waals surface area (Å²) in [5, 5.41) is 14.2. The number of tetrazole rings is 1. The molecule has 2 aromatic carbocycles. The molecule has 2 aromatic heterocycles. The fourth-order valence-electron chi connectivity index (χ4n) is 2.74. The van der Waals surface area contributed by atoms with Crippen molar-refractivity contribution in [1.82, 2.24) is 25.2 Å². The predicted molar refractivity (Wildman–Crippen MR) is 109 cm³/mol. The largest absolute Gasteiger partial charge is 0.300 e. The summed E-state index contributed by atoms with van der Waals surface area (Å²) in [5.41, 5.74) is 5.32. The lowest BCUT2D eigenvalue weighted by molar-refractivity contribution is -0.116. The molecule has 7 nitrogen and oxygen atoms in total. The highest BCUT2D eigenvalue weighted by molar-refractivity contribution is 7.19. The summed E-state index contributed by atoms with van der Waals surface area (Å²) < 4.78 is 1.37. The number of amides is 1. The smallest absolute Gasteiger partial charge is 0.248 e. The van der Waals surface area contributed by atoms with E-state index < -0.39 is 0 Å². The van der Waals surface area contributed by atoms with Crippen molar-refractivity contribution in [2.24, 2.45) is 0 Å². The molecule has 0 unspecified atom stereocenters. The van der Waals surface area contributed by atoms with Gasteiger partial charge in [0.05, 0.1) is 10.6 Å². The van der Waals surface area contributed by atoms with Crippen molar-refractivity contribution < 1.29 is 4.79 Å². The molecule has 4 rings (SSSR count). The number of hydrogen-bond acceptors (Lipinski definition) is 6. The van der Waals surface area contributed by atoms with Crippen LogP contribution in [0.4, 0.5) is 5.13 Å². The number of rotatable bonds is 5. The Morgan fingerprint density at radius 2 is 1.64 bits per heavy atom. The Hall–Kier alpha value is -3.39. The molecule has 0 radical (unpaired) electrons. The third kappa shape index (κ3) is 3.96. The standard InChI is InChI=1S/C20H18N6OS/c1-13-3-7-15(8-4-13)18-19(16-9-5-14(2)6-10-16)28-20(23-18)22-17(27)11-26-12-21-24-25-26/h3-10,12H,11H2,1-2H3,(H,22,23,27). The molecular formula is C20H18N6OS. The molecule has 140 valence electrons. The number of anilines is 1. The Morgan fingerprint density at radius 1 is 1.00 bits per heavy atom.